The minimum Gasteiger partial charge on any atom is -0.384 e. The second-order valence-corrected chi connectivity index (χ2v) is 8.83. The SMILES string of the molecule is C=C(c1c(/C(F)=C\C)[nH]c(N)c1C#N)c1c2c(c3cnc(N4CCCC4)nc3c1P)COC2. The molecule has 2 aliphatic rings. The Morgan fingerprint density at radius 2 is 2.06 bits per heavy atom. The van der Waals surface area contributed by atoms with Gasteiger partial charge in [0.15, 0.2) is 0 Å². The number of ether oxygens (including phenoxy) is 1. The van der Waals surface area contributed by atoms with E-state index in [2.05, 4.69) is 36.8 Å². The summed E-state index contributed by atoms with van der Waals surface area (Å²) in [6.45, 7) is 8.57. The summed E-state index contributed by atoms with van der Waals surface area (Å²) in [5, 5.41) is 11.5. The van der Waals surface area contributed by atoms with Gasteiger partial charge in [-0.05, 0) is 48.1 Å². The van der Waals surface area contributed by atoms with Gasteiger partial charge in [-0.2, -0.15) is 5.26 Å². The zero-order valence-corrected chi connectivity index (χ0v) is 19.5. The number of allylic oxidation sites excluding steroid dienone is 1. The molecule has 5 rings (SSSR count). The summed E-state index contributed by atoms with van der Waals surface area (Å²) in [6, 6.07) is 2.10. The molecule has 33 heavy (non-hydrogen) atoms. The topological polar surface area (TPSA) is 104 Å². The maximum Gasteiger partial charge on any atom is 0.225 e. The molecule has 2 aromatic heterocycles. The van der Waals surface area contributed by atoms with Gasteiger partial charge in [0, 0.05) is 35.5 Å². The molecule has 168 valence electrons. The molecule has 2 aliphatic heterocycles. The molecule has 4 heterocycles. The summed E-state index contributed by atoms with van der Waals surface area (Å²) in [7, 11) is 2.77. The predicted molar refractivity (Wildman–Crippen MR) is 132 cm³/mol. The standard InChI is InChI=1S/C24H24FN6OP/c1-3-17(25)21-18(13(8-26)23(27)29-21)12(2)19-16-11-32-10-15(16)14-9-28-24(30-20(14)22(19)33)31-6-4-5-7-31/h3,9,29H,2,4-7,10-11,27,33H2,1H3/b17-3+. The van der Waals surface area contributed by atoms with Crippen LogP contribution < -0.4 is 15.9 Å². The maximum absolute atomic E-state index is 14.8. The van der Waals surface area contributed by atoms with Gasteiger partial charge in [0.2, 0.25) is 5.95 Å². The predicted octanol–water partition coefficient (Wildman–Crippen LogP) is 3.93. The van der Waals surface area contributed by atoms with E-state index in [4.69, 9.17) is 15.5 Å². The number of hydrogen-bond donors (Lipinski definition) is 2. The van der Waals surface area contributed by atoms with Crippen molar-refractivity contribution in [2.24, 2.45) is 0 Å². The van der Waals surface area contributed by atoms with Crippen LogP contribution in [0.4, 0.5) is 16.2 Å². The van der Waals surface area contributed by atoms with Crippen molar-refractivity contribution in [2.75, 3.05) is 23.7 Å². The zero-order chi connectivity index (χ0) is 23.3. The number of fused-ring (bicyclic) bond motifs is 3. The van der Waals surface area contributed by atoms with E-state index in [1.165, 1.54) is 6.08 Å². The summed E-state index contributed by atoms with van der Waals surface area (Å²) >= 11 is 0. The Kier molecular flexibility index (Phi) is 5.40. The number of rotatable bonds is 4. The van der Waals surface area contributed by atoms with E-state index in [1.54, 1.807) is 6.92 Å². The molecule has 1 unspecified atom stereocenters. The summed E-state index contributed by atoms with van der Waals surface area (Å²) in [6.07, 6.45) is 5.44. The lowest BCUT2D eigenvalue weighted by Crippen LogP contribution is -2.21. The van der Waals surface area contributed by atoms with Crippen molar-refractivity contribution < 1.29 is 9.13 Å². The van der Waals surface area contributed by atoms with Gasteiger partial charge in [-0.25, -0.2) is 14.4 Å². The zero-order valence-electron chi connectivity index (χ0n) is 18.3. The van der Waals surface area contributed by atoms with Gasteiger partial charge in [0.1, 0.15) is 23.3 Å². The highest BCUT2D eigenvalue weighted by Gasteiger charge is 2.29. The van der Waals surface area contributed by atoms with Crippen molar-refractivity contribution in [3.63, 3.8) is 0 Å². The van der Waals surface area contributed by atoms with Crippen LogP contribution in [-0.4, -0.2) is 28.0 Å². The lowest BCUT2D eigenvalue weighted by Gasteiger charge is -2.20. The van der Waals surface area contributed by atoms with Gasteiger partial charge in [0.25, 0.3) is 0 Å². The lowest BCUT2D eigenvalue weighted by atomic mass is 9.89. The van der Waals surface area contributed by atoms with Crippen LogP contribution in [0, 0.1) is 11.3 Å². The highest BCUT2D eigenvalue weighted by Crippen LogP contribution is 2.40. The largest absolute Gasteiger partial charge is 0.384 e. The third-order valence-corrected chi connectivity index (χ3v) is 6.97. The van der Waals surface area contributed by atoms with Gasteiger partial charge in [-0.1, -0.05) is 6.58 Å². The number of benzene rings is 1. The number of anilines is 2. The van der Waals surface area contributed by atoms with Crippen LogP contribution in [-0.2, 0) is 18.0 Å². The Morgan fingerprint density at radius 1 is 1.33 bits per heavy atom. The molecule has 7 nitrogen and oxygen atoms in total. The van der Waals surface area contributed by atoms with Crippen LogP contribution in [0.3, 0.4) is 0 Å². The Balaban J connectivity index is 1.76. The number of aromatic nitrogens is 3. The molecule has 1 aromatic carbocycles. The van der Waals surface area contributed by atoms with Gasteiger partial charge in [-0.15, -0.1) is 9.24 Å². The number of nitrogens with one attached hydrogen (secondary N) is 1. The molecule has 3 N–H and O–H groups in total. The number of H-pyrrole nitrogens is 1. The molecular weight excluding hydrogens is 438 g/mol. The minimum atomic E-state index is -0.503. The molecule has 1 fully saturated rings. The van der Waals surface area contributed by atoms with Crippen LogP contribution in [0.5, 0.6) is 0 Å². The van der Waals surface area contributed by atoms with E-state index in [9.17, 15) is 9.65 Å². The average molecular weight is 462 g/mol. The molecule has 0 saturated carbocycles. The van der Waals surface area contributed by atoms with Gasteiger partial charge in [0.05, 0.1) is 24.4 Å². The first kappa shape index (κ1) is 21.6. The van der Waals surface area contributed by atoms with E-state index in [0.29, 0.717) is 30.3 Å². The first-order valence-corrected chi connectivity index (χ1v) is 11.4. The van der Waals surface area contributed by atoms with E-state index >= 15 is 0 Å². The average Bonchev–Trinajstić information content (AvgIpc) is 3.58. The third-order valence-electron chi connectivity index (χ3n) is 6.41. The third kappa shape index (κ3) is 3.31. The van der Waals surface area contributed by atoms with Crippen molar-refractivity contribution in [3.05, 3.63) is 52.4 Å². The number of halogens is 1. The van der Waals surface area contributed by atoms with E-state index in [-0.39, 0.29) is 17.1 Å². The number of aromatic amines is 1. The molecule has 1 saturated heterocycles. The summed E-state index contributed by atoms with van der Waals surface area (Å²) in [5.41, 5.74) is 10.7. The van der Waals surface area contributed by atoms with Crippen molar-refractivity contribution in [3.8, 4) is 6.07 Å². The van der Waals surface area contributed by atoms with Crippen LogP contribution in [0.15, 0.2) is 18.9 Å². The summed E-state index contributed by atoms with van der Waals surface area (Å²) < 4.78 is 20.5. The van der Waals surface area contributed by atoms with Gasteiger partial charge < -0.3 is 20.4 Å². The van der Waals surface area contributed by atoms with E-state index < -0.39 is 5.83 Å². The van der Waals surface area contributed by atoms with E-state index in [0.717, 1.165) is 58.8 Å². The normalized spacial score (nSPS) is 15.8. The molecule has 0 spiro atoms. The highest BCUT2D eigenvalue weighted by atomic mass is 31.0. The van der Waals surface area contributed by atoms with E-state index in [1.807, 2.05) is 6.20 Å². The molecule has 0 radical (unpaired) electrons. The monoisotopic (exact) mass is 462 g/mol. The van der Waals surface area contributed by atoms with Crippen molar-refractivity contribution >= 4 is 48.6 Å². The highest BCUT2D eigenvalue weighted by molar-refractivity contribution is 7.28. The van der Waals surface area contributed by atoms with Crippen LogP contribution in [0.2, 0.25) is 0 Å². The minimum absolute atomic E-state index is 0.110. The number of nitrogens with zero attached hydrogens (tertiary/aromatic N) is 4. The number of hydrogen-bond acceptors (Lipinski definition) is 6. The number of nitrogen functional groups attached to an aromatic ring is 1. The lowest BCUT2D eigenvalue weighted by molar-refractivity contribution is 0.135. The van der Waals surface area contributed by atoms with Crippen LogP contribution in [0.25, 0.3) is 22.3 Å². The van der Waals surface area contributed by atoms with Crippen molar-refractivity contribution in [1.29, 1.82) is 5.26 Å². The Bertz CT molecular complexity index is 1380. The smallest absolute Gasteiger partial charge is 0.225 e. The molecule has 9 heteroatoms. The first-order valence-electron chi connectivity index (χ1n) is 10.8. The Hall–Kier alpha value is -3.27. The second-order valence-electron chi connectivity index (χ2n) is 8.26. The molecule has 0 aliphatic carbocycles. The second kappa shape index (κ2) is 8.26. The van der Waals surface area contributed by atoms with Crippen LogP contribution in [0.1, 0.15) is 53.3 Å². The molecular formula is C24H24FN6OP. The molecule has 3 aromatic rings. The fourth-order valence-electron chi connectivity index (χ4n) is 4.77. The number of nitriles is 1. The van der Waals surface area contributed by atoms with Gasteiger partial charge in [-0.3, -0.25) is 0 Å². The Labute approximate surface area is 193 Å². The molecule has 1 atom stereocenters. The molecule has 0 amide bonds. The maximum atomic E-state index is 14.8. The summed E-state index contributed by atoms with van der Waals surface area (Å²) in [4.78, 5) is 14.5. The fourth-order valence-corrected chi connectivity index (χ4v) is 5.34. The quantitative estimate of drug-likeness (QED) is 0.570. The first-order chi connectivity index (χ1) is 16.0. The van der Waals surface area contributed by atoms with Crippen molar-refractivity contribution in [1.82, 2.24) is 15.0 Å². The van der Waals surface area contributed by atoms with Crippen molar-refractivity contribution in [2.45, 2.75) is 33.0 Å². The Morgan fingerprint density at radius 3 is 2.76 bits per heavy atom. The molecule has 0 bridgehead atoms. The number of nitrogens with two attached hydrogens (primary N) is 1. The van der Waals surface area contributed by atoms with Crippen LogP contribution >= 0.6 is 9.24 Å². The van der Waals surface area contributed by atoms with Gasteiger partial charge >= 0.3 is 0 Å². The fraction of sp³-hybridized carbons (Fsp3) is 0.292. The summed E-state index contributed by atoms with van der Waals surface area (Å²) in [5.74, 6) is 0.304.